The van der Waals surface area contributed by atoms with Gasteiger partial charge in [0.1, 0.15) is 17.2 Å². The molecule has 0 radical (unpaired) electrons. The third-order valence-corrected chi connectivity index (χ3v) is 5.20. The molecule has 0 bridgehead atoms. The highest BCUT2D eigenvalue weighted by molar-refractivity contribution is 7.84. The third kappa shape index (κ3) is 11.3. The fourth-order valence-corrected chi connectivity index (χ4v) is 3.70. The van der Waals surface area contributed by atoms with Crippen LogP contribution in [0.5, 0.6) is 0 Å². The molecule has 1 aromatic rings. The molecule has 0 spiro atoms. The summed E-state index contributed by atoms with van der Waals surface area (Å²) in [5.41, 5.74) is -0.657. The van der Waals surface area contributed by atoms with Crippen molar-refractivity contribution < 1.29 is 28.4 Å². The Morgan fingerprint density at radius 2 is 1.50 bits per heavy atom. The SMILES string of the molecule is CC(C)(C)OC(=O)NC(CCS(=O)CCC(O)c1ccccc1)C(=O)OC(C)(C)C. The van der Waals surface area contributed by atoms with Crippen molar-refractivity contribution in [3.8, 4) is 0 Å². The third-order valence-electron chi connectivity index (χ3n) is 3.82. The molecule has 1 aromatic carbocycles. The summed E-state index contributed by atoms with van der Waals surface area (Å²) in [6.45, 7) is 10.4. The number of nitrogens with one attached hydrogen (secondary N) is 1. The number of benzene rings is 1. The molecule has 0 saturated heterocycles. The van der Waals surface area contributed by atoms with Gasteiger partial charge in [0.05, 0.1) is 6.10 Å². The second-order valence-corrected chi connectivity index (χ2v) is 10.8. The first-order valence-electron chi connectivity index (χ1n) is 10.1. The fraction of sp³-hybridized carbons (Fsp3) is 0.636. The Morgan fingerprint density at radius 3 is 2.03 bits per heavy atom. The number of rotatable bonds is 9. The molecule has 3 unspecified atom stereocenters. The Morgan fingerprint density at radius 1 is 0.967 bits per heavy atom. The molecule has 0 aliphatic heterocycles. The molecular formula is C22H35NO6S. The predicted molar refractivity (Wildman–Crippen MR) is 118 cm³/mol. The van der Waals surface area contributed by atoms with E-state index >= 15 is 0 Å². The van der Waals surface area contributed by atoms with E-state index in [0.29, 0.717) is 6.42 Å². The summed E-state index contributed by atoms with van der Waals surface area (Å²) in [7, 11) is -1.27. The van der Waals surface area contributed by atoms with Crippen LogP contribution in [0.1, 0.15) is 66.1 Å². The number of aliphatic hydroxyl groups excluding tert-OH is 1. The highest BCUT2D eigenvalue weighted by Crippen LogP contribution is 2.17. The molecule has 1 rings (SSSR count). The summed E-state index contributed by atoms with van der Waals surface area (Å²) >= 11 is 0. The van der Waals surface area contributed by atoms with Crippen LogP contribution in [0.4, 0.5) is 4.79 Å². The van der Waals surface area contributed by atoms with Gasteiger partial charge in [-0.3, -0.25) is 4.21 Å². The molecule has 0 aliphatic rings. The van der Waals surface area contributed by atoms with E-state index < -0.39 is 46.2 Å². The monoisotopic (exact) mass is 441 g/mol. The summed E-state index contributed by atoms with van der Waals surface area (Å²) in [4.78, 5) is 24.6. The lowest BCUT2D eigenvalue weighted by molar-refractivity contribution is -0.157. The van der Waals surface area contributed by atoms with Crippen LogP contribution in [0.2, 0.25) is 0 Å². The van der Waals surface area contributed by atoms with E-state index in [2.05, 4.69) is 5.32 Å². The van der Waals surface area contributed by atoms with Crippen molar-refractivity contribution in [1.82, 2.24) is 5.32 Å². The number of carbonyl (C=O) groups excluding carboxylic acids is 2. The van der Waals surface area contributed by atoms with Gasteiger partial charge in [-0.25, -0.2) is 9.59 Å². The second-order valence-electron chi connectivity index (χ2n) is 9.08. The number of ether oxygens (including phenoxy) is 2. The van der Waals surface area contributed by atoms with E-state index in [1.807, 2.05) is 30.3 Å². The highest BCUT2D eigenvalue weighted by atomic mass is 32.2. The Bertz CT molecular complexity index is 709. The normalized spacial score (nSPS) is 15.0. The van der Waals surface area contributed by atoms with Crippen LogP contribution in [0.15, 0.2) is 30.3 Å². The van der Waals surface area contributed by atoms with Crippen molar-refractivity contribution in [2.75, 3.05) is 11.5 Å². The zero-order valence-electron chi connectivity index (χ0n) is 18.8. The molecule has 7 nitrogen and oxygen atoms in total. The van der Waals surface area contributed by atoms with E-state index in [-0.39, 0.29) is 17.9 Å². The van der Waals surface area contributed by atoms with Crippen LogP contribution < -0.4 is 5.32 Å². The minimum Gasteiger partial charge on any atom is -0.458 e. The van der Waals surface area contributed by atoms with Crippen LogP contribution in [0.3, 0.4) is 0 Å². The molecule has 3 atom stereocenters. The standard InChI is InChI=1S/C22H35NO6S/c1-21(2,3)28-19(25)17(23-20(26)29-22(4,5)6)12-14-30(27)15-13-18(24)16-10-8-7-9-11-16/h7-11,17-18,24H,12-15H2,1-6H3,(H,23,26). The lowest BCUT2D eigenvalue weighted by Gasteiger charge is -2.26. The minimum atomic E-state index is -1.27. The second kappa shape index (κ2) is 11.5. The Balaban J connectivity index is 2.63. The molecule has 0 fully saturated rings. The van der Waals surface area contributed by atoms with Gasteiger partial charge in [-0.1, -0.05) is 30.3 Å². The maximum absolute atomic E-state index is 12.5. The molecule has 2 N–H and O–H groups in total. The fourth-order valence-electron chi connectivity index (χ4n) is 2.51. The lowest BCUT2D eigenvalue weighted by atomic mass is 10.1. The van der Waals surface area contributed by atoms with Gasteiger partial charge in [0.25, 0.3) is 0 Å². The number of hydrogen-bond acceptors (Lipinski definition) is 6. The molecule has 0 heterocycles. The summed E-state index contributed by atoms with van der Waals surface area (Å²) in [5.74, 6) is -0.139. The first-order chi connectivity index (χ1) is 13.8. The van der Waals surface area contributed by atoms with Crippen molar-refractivity contribution in [1.29, 1.82) is 0 Å². The maximum Gasteiger partial charge on any atom is 0.408 e. The quantitative estimate of drug-likeness (QED) is 0.569. The van der Waals surface area contributed by atoms with Gasteiger partial charge in [0.15, 0.2) is 0 Å². The van der Waals surface area contributed by atoms with Gasteiger partial charge in [0, 0.05) is 22.3 Å². The summed E-state index contributed by atoms with van der Waals surface area (Å²) in [6, 6.07) is 8.20. The van der Waals surface area contributed by atoms with Crippen molar-refractivity contribution in [3.05, 3.63) is 35.9 Å². The van der Waals surface area contributed by atoms with E-state index in [1.165, 1.54) is 0 Å². The maximum atomic E-state index is 12.5. The highest BCUT2D eigenvalue weighted by Gasteiger charge is 2.29. The molecular weight excluding hydrogens is 406 g/mol. The largest absolute Gasteiger partial charge is 0.458 e. The lowest BCUT2D eigenvalue weighted by Crippen LogP contribution is -2.46. The first kappa shape index (κ1) is 26.1. The van der Waals surface area contributed by atoms with Crippen LogP contribution in [-0.2, 0) is 25.1 Å². The van der Waals surface area contributed by atoms with Gasteiger partial charge in [-0.05, 0) is 59.9 Å². The number of esters is 1. The molecule has 8 heteroatoms. The summed E-state index contributed by atoms with van der Waals surface area (Å²) in [5, 5.41) is 12.7. The summed E-state index contributed by atoms with van der Waals surface area (Å²) in [6.07, 6.45) is -0.949. The van der Waals surface area contributed by atoms with E-state index in [9.17, 15) is 18.9 Å². The average molecular weight is 442 g/mol. The van der Waals surface area contributed by atoms with Gasteiger partial charge in [-0.15, -0.1) is 0 Å². The molecule has 30 heavy (non-hydrogen) atoms. The van der Waals surface area contributed by atoms with Crippen LogP contribution >= 0.6 is 0 Å². The van der Waals surface area contributed by atoms with Gasteiger partial charge in [0.2, 0.25) is 0 Å². The van der Waals surface area contributed by atoms with Crippen molar-refractivity contribution >= 4 is 22.9 Å². The number of hydrogen-bond donors (Lipinski definition) is 2. The number of carbonyl (C=O) groups is 2. The minimum absolute atomic E-state index is 0.141. The van der Waals surface area contributed by atoms with Crippen molar-refractivity contribution in [3.63, 3.8) is 0 Å². The number of amides is 1. The van der Waals surface area contributed by atoms with E-state index in [0.717, 1.165) is 5.56 Å². The van der Waals surface area contributed by atoms with E-state index in [1.54, 1.807) is 41.5 Å². The Hall–Kier alpha value is -1.93. The number of aliphatic hydroxyl groups is 1. The molecule has 0 aliphatic carbocycles. The van der Waals surface area contributed by atoms with Gasteiger partial charge < -0.3 is 19.9 Å². The molecule has 0 saturated carbocycles. The molecule has 170 valence electrons. The molecule has 0 aromatic heterocycles. The number of alkyl carbamates (subject to hydrolysis) is 1. The smallest absolute Gasteiger partial charge is 0.408 e. The topological polar surface area (TPSA) is 102 Å². The van der Waals surface area contributed by atoms with Gasteiger partial charge >= 0.3 is 12.1 Å². The van der Waals surface area contributed by atoms with Crippen LogP contribution in [0.25, 0.3) is 0 Å². The summed E-state index contributed by atoms with van der Waals surface area (Å²) < 4.78 is 23.0. The Kier molecular flexibility index (Phi) is 9.97. The van der Waals surface area contributed by atoms with Crippen LogP contribution in [0, 0.1) is 0 Å². The first-order valence-corrected chi connectivity index (χ1v) is 11.6. The van der Waals surface area contributed by atoms with Crippen molar-refractivity contribution in [2.24, 2.45) is 0 Å². The Labute approximate surface area is 182 Å². The average Bonchev–Trinajstić information content (AvgIpc) is 2.60. The predicted octanol–water partition coefficient (Wildman–Crippen LogP) is 3.48. The van der Waals surface area contributed by atoms with E-state index in [4.69, 9.17) is 9.47 Å². The zero-order chi connectivity index (χ0) is 22.9. The van der Waals surface area contributed by atoms with Crippen LogP contribution in [-0.4, -0.2) is 50.1 Å². The molecule has 1 amide bonds. The van der Waals surface area contributed by atoms with Crippen molar-refractivity contribution in [2.45, 2.75) is 77.7 Å². The van der Waals surface area contributed by atoms with Gasteiger partial charge in [-0.2, -0.15) is 0 Å². The zero-order valence-corrected chi connectivity index (χ0v) is 19.6.